The molecule has 606 valence electrons. The summed E-state index contributed by atoms with van der Waals surface area (Å²) in [4.78, 5) is 5.28. The fraction of sp³-hybridized carbons (Fsp3) is 0.105. The van der Waals surface area contributed by atoms with Crippen LogP contribution in [0.2, 0.25) is 0 Å². The fourth-order valence-corrected chi connectivity index (χ4v) is 16.5. The van der Waals surface area contributed by atoms with Crippen LogP contribution in [0.15, 0.2) is 400 Å². The van der Waals surface area contributed by atoms with E-state index in [2.05, 4.69) is 115 Å². The average molecular weight is 1620 g/mol. The van der Waals surface area contributed by atoms with Crippen molar-refractivity contribution in [1.29, 1.82) is 0 Å². The maximum absolute atomic E-state index is 16.7. The quantitative estimate of drug-likeness (QED) is 0.0947. The molecule has 3 nitrogen and oxygen atoms in total. The molecule has 0 bridgehead atoms. The Bertz CT molecular complexity index is 6810. The Morgan fingerprint density at radius 3 is 0.837 bits per heavy atom. The molecule has 0 heterocycles. The molecule has 9 heteroatoms. The van der Waals surface area contributed by atoms with Crippen molar-refractivity contribution in [2.24, 2.45) is 0 Å². The number of para-hydroxylation sites is 3. The fourth-order valence-electron chi connectivity index (χ4n) is 16.5. The molecular weight excluding hydrogens is 1530 g/mol. The molecule has 0 aliphatic rings. The highest BCUT2D eigenvalue weighted by atomic mass is 19.1. The lowest BCUT2D eigenvalue weighted by Gasteiger charge is -2.39. The molecule has 0 spiro atoms. The van der Waals surface area contributed by atoms with E-state index in [1.165, 1.54) is 50.5 Å². The minimum absolute atomic E-state index is 0.331. The summed E-state index contributed by atoms with van der Waals surface area (Å²) in [6.07, 6.45) is 0. The van der Waals surface area contributed by atoms with Crippen molar-refractivity contribution in [2.45, 2.75) is 78.9 Å². The van der Waals surface area contributed by atoms with Gasteiger partial charge in [0, 0.05) is 27.7 Å². The van der Waals surface area contributed by atoms with Crippen LogP contribution in [-0.4, -0.2) is 16.6 Å². The summed E-state index contributed by atoms with van der Waals surface area (Å²) < 4.78 is 94.6. The van der Waals surface area contributed by atoms with Gasteiger partial charge in [-0.2, -0.15) is 0 Å². The van der Waals surface area contributed by atoms with Crippen LogP contribution < -0.4 is 14.7 Å². The van der Waals surface area contributed by atoms with Gasteiger partial charge in [0.15, 0.2) is 5.82 Å². The number of hydrogen-bond acceptors (Lipinski definition) is 3. The van der Waals surface area contributed by atoms with Crippen molar-refractivity contribution in [3.8, 4) is 100 Å². The van der Waals surface area contributed by atoms with Gasteiger partial charge in [0.2, 0.25) is 0 Å². The summed E-state index contributed by atoms with van der Waals surface area (Å²) in [6.45, 7) is 17.7. The van der Waals surface area contributed by atoms with Crippen molar-refractivity contribution in [3.63, 3.8) is 0 Å². The van der Waals surface area contributed by atoms with E-state index in [1.807, 2.05) is 263 Å². The molecule has 18 rings (SSSR count). The Morgan fingerprint density at radius 2 is 0.439 bits per heavy atom. The lowest BCUT2D eigenvalue weighted by molar-refractivity contribution is 0.527. The highest BCUT2D eigenvalue weighted by molar-refractivity contribution is 5.94. The Kier molecular flexibility index (Phi) is 23.6. The Labute approximate surface area is 717 Å². The lowest BCUT2D eigenvalue weighted by atomic mass is 9.91. The minimum atomic E-state index is -0.602. The molecule has 0 saturated carbocycles. The molecule has 0 saturated heterocycles. The van der Waals surface area contributed by atoms with E-state index in [4.69, 9.17) is 0 Å². The van der Waals surface area contributed by atoms with Crippen molar-refractivity contribution in [2.75, 3.05) is 14.7 Å². The van der Waals surface area contributed by atoms with Gasteiger partial charge in [0.1, 0.15) is 29.1 Å². The number of anilines is 6. The molecule has 123 heavy (non-hydrogen) atoms. The zero-order valence-corrected chi connectivity index (χ0v) is 70.2. The second-order valence-electron chi connectivity index (χ2n) is 33.9. The first kappa shape index (κ1) is 82.4. The highest BCUT2D eigenvalue weighted by Crippen LogP contribution is 2.49. The van der Waals surface area contributed by atoms with E-state index in [0.29, 0.717) is 45.3 Å². The molecule has 0 atom stereocenters. The van der Waals surface area contributed by atoms with Gasteiger partial charge in [-0.25, -0.2) is 26.3 Å². The summed E-state index contributed by atoms with van der Waals surface area (Å²) in [5.41, 5.74) is 16.7. The lowest BCUT2D eigenvalue weighted by Crippen LogP contribution is -2.39. The van der Waals surface area contributed by atoms with Gasteiger partial charge in [0.05, 0.1) is 34.1 Å². The third-order valence-electron chi connectivity index (χ3n) is 22.3. The monoisotopic (exact) mass is 1620 g/mol. The van der Waals surface area contributed by atoms with E-state index in [9.17, 15) is 0 Å². The summed E-state index contributed by atoms with van der Waals surface area (Å²) in [7, 11) is 0. The molecule has 0 unspecified atom stereocenters. The molecule has 0 aromatic heterocycles. The predicted molar refractivity (Wildman–Crippen MR) is 506 cm³/mol. The standard InChI is InChI=1S/3C38H31F2N/c1-38(2,3)41(36-16-10-9-15-34(36)39)37-25-33(28-12-5-4-6-13-28)32(24-35(37)40)29-20-17-27(18-21-29)31-22-19-26-11-7-8-14-30(26)23-31;1-38(2,3)41(36-16-10-9-15-34(36)39)37-33(29-12-5-4-6-13-29)24-32(25-35(37)40)28-19-17-27(18-20-28)31-22-21-26-11-7-8-14-30(26)23-31;1-38(2,3)41(35-16-10-9-15-34(35)39)36-25-32(26-11-5-4-6-12-26)24-33(37(36)40)29-20-17-28(18-21-29)31-22-19-27-13-7-8-14-30(27)23-31/h3*4-25H,1-3H3. The first-order chi connectivity index (χ1) is 59.4. The first-order valence-corrected chi connectivity index (χ1v) is 41.5. The van der Waals surface area contributed by atoms with Gasteiger partial charge < -0.3 is 14.7 Å². The number of benzene rings is 18. The van der Waals surface area contributed by atoms with E-state index in [1.54, 1.807) is 81.4 Å². The van der Waals surface area contributed by atoms with Crippen LogP contribution in [0.5, 0.6) is 0 Å². The summed E-state index contributed by atoms with van der Waals surface area (Å²) >= 11 is 0. The Morgan fingerprint density at radius 1 is 0.163 bits per heavy atom. The number of halogens is 6. The predicted octanol–water partition coefficient (Wildman–Crippen LogP) is 33.2. The maximum Gasteiger partial charge on any atom is 0.154 e. The van der Waals surface area contributed by atoms with Crippen LogP contribution in [0.25, 0.3) is 132 Å². The van der Waals surface area contributed by atoms with E-state index < -0.39 is 45.7 Å². The third-order valence-corrected chi connectivity index (χ3v) is 22.3. The molecule has 0 N–H and O–H groups in total. The molecule has 18 aromatic carbocycles. The zero-order chi connectivity index (χ0) is 85.7. The topological polar surface area (TPSA) is 9.72 Å². The molecule has 0 radical (unpaired) electrons. The Balaban J connectivity index is 0.000000137. The largest absolute Gasteiger partial charge is 0.331 e. The molecule has 0 fully saturated rings. The smallest absolute Gasteiger partial charge is 0.154 e. The molecule has 0 aliphatic carbocycles. The molecular formula is C114H93F6N3. The van der Waals surface area contributed by atoms with E-state index >= 15 is 26.3 Å². The van der Waals surface area contributed by atoms with Crippen LogP contribution >= 0.6 is 0 Å². The van der Waals surface area contributed by atoms with Crippen LogP contribution in [0.4, 0.5) is 60.5 Å². The maximum atomic E-state index is 16.7. The number of hydrogen-bond donors (Lipinski definition) is 0. The summed E-state index contributed by atoms with van der Waals surface area (Å²) in [5.74, 6) is -2.38. The van der Waals surface area contributed by atoms with E-state index in [-0.39, 0.29) is 5.82 Å². The third kappa shape index (κ3) is 18.0. The van der Waals surface area contributed by atoms with Crippen LogP contribution in [0.3, 0.4) is 0 Å². The Hall–Kier alpha value is -14.3. The number of fused-ring (bicyclic) bond motifs is 3. The second kappa shape index (κ2) is 35.2. The van der Waals surface area contributed by atoms with E-state index in [0.717, 1.165) is 89.0 Å². The number of rotatable bonds is 15. The van der Waals surface area contributed by atoms with Crippen molar-refractivity contribution in [3.05, 3.63) is 435 Å². The molecule has 18 aromatic rings. The normalized spacial score (nSPS) is 11.5. The van der Waals surface area contributed by atoms with Crippen molar-refractivity contribution < 1.29 is 26.3 Å². The second-order valence-corrected chi connectivity index (χ2v) is 33.9. The van der Waals surface area contributed by atoms with Gasteiger partial charge in [-0.15, -0.1) is 0 Å². The number of nitrogens with zero attached hydrogens (tertiary/aromatic N) is 3. The SMILES string of the molecule is CC(C)(C)N(c1ccccc1F)c1c(F)cc(-c2ccc(-c3ccc4ccccc4c3)cc2)cc1-c1ccccc1.CC(C)(C)N(c1ccccc1F)c1cc(-c2ccccc2)c(-c2ccc(-c3ccc4ccccc4c3)cc2)cc1F.CC(C)(C)N(c1ccccc1F)c1cc(-c2ccccc2)cc(-c2ccc(-c3ccc4ccccc4c3)cc2)c1F. The molecule has 0 amide bonds. The van der Waals surface area contributed by atoms with Gasteiger partial charge >= 0.3 is 0 Å². The van der Waals surface area contributed by atoms with Crippen LogP contribution in [0.1, 0.15) is 62.3 Å². The van der Waals surface area contributed by atoms with Gasteiger partial charge in [-0.1, -0.05) is 309 Å². The van der Waals surface area contributed by atoms with Crippen LogP contribution in [-0.2, 0) is 0 Å². The summed E-state index contributed by atoms with van der Waals surface area (Å²) in [5, 5.41) is 7.16. The van der Waals surface area contributed by atoms with Gasteiger partial charge in [0.25, 0.3) is 0 Å². The first-order valence-electron chi connectivity index (χ1n) is 41.5. The highest BCUT2D eigenvalue weighted by Gasteiger charge is 2.34. The van der Waals surface area contributed by atoms with Crippen LogP contribution in [0, 0.1) is 34.9 Å². The van der Waals surface area contributed by atoms with Crippen molar-refractivity contribution in [1.82, 2.24) is 0 Å². The molecule has 0 aliphatic heterocycles. The van der Waals surface area contributed by atoms with Crippen molar-refractivity contribution >= 4 is 66.4 Å². The van der Waals surface area contributed by atoms with Gasteiger partial charge in [-0.3, -0.25) is 0 Å². The van der Waals surface area contributed by atoms with Gasteiger partial charge in [-0.05, 0) is 275 Å². The minimum Gasteiger partial charge on any atom is -0.331 e. The average Bonchev–Trinajstić information content (AvgIpc) is 0.759. The zero-order valence-electron chi connectivity index (χ0n) is 70.2. The summed E-state index contributed by atoms with van der Waals surface area (Å²) in [6, 6.07) is 129.